The Bertz CT molecular complexity index is 1080. The number of hydrogen-bond acceptors (Lipinski definition) is 4. The topological polar surface area (TPSA) is 84.1 Å². The van der Waals surface area contributed by atoms with Crippen molar-refractivity contribution in [3.05, 3.63) is 82.7 Å². The van der Waals surface area contributed by atoms with Crippen LogP contribution in [0.3, 0.4) is 0 Å². The van der Waals surface area contributed by atoms with E-state index < -0.39 is 15.8 Å². The van der Waals surface area contributed by atoms with E-state index in [0.717, 1.165) is 28.6 Å². The van der Waals surface area contributed by atoms with Crippen molar-refractivity contribution < 1.29 is 17.5 Å². The zero-order valence-corrected chi connectivity index (χ0v) is 17.4. The first-order valence-electron chi connectivity index (χ1n) is 9.18. The van der Waals surface area contributed by atoms with Gasteiger partial charge in [0.25, 0.3) is 0 Å². The molecular weight excluding hydrogens is 393 g/mol. The maximum Gasteiger partial charge on any atom is 0.208 e. The van der Waals surface area contributed by atoms with E-state index in [4.69, 9.17) is 4.74 Å². The minimum atomic E-state index is -3.32. The number of sulfonamides is 1. The van der Waals surface area contributed by atoms with E-state index in [1.165, 1.54) is 6.07 Å². The van der Waals surface area contributed by atoms with Gasteiger partial charge in [-0.3, -0.25) is 0 Å². The lowest BCUT2D eigenvalue weighted by Crippen LogP contribution is -2.27. The van der Waals surface area contributed by atoms with Gasteiger partial charge in [0.05, 0.1) is 18.5 Å². The van der Waals surface area contributed by atoms with Crippen LogP contribution in [0.1, 0.15) is 33.9 Å². The van der Waals surface area contributed by atoms with Gasteiger partial charge in [0.15, 0.2) is 11.6 Å². The second-order valence-electron chi connectivity index (χ2n) is 6.90. The van der Waals surface area contributed by atoms with Gasteiger partial charge in [0, 0.05) is 24.0 Å². The number of nitrogens with one attached hydrogen (secondary N) is 2. The molecule has 1 heterocycles. The monoisotopic (exact) mass is 417 g/mol. The van der Waals surface area contributed by atoms with E-state index in [-0.39, 0.29) is 24.8 Å². The summed E-state index contributed by atoms with van der Waals surface area (Å²) in [5.74, 6) is -0.782. The van der Waals surface area contributed by atoms with Crippen molar-refractivity contribution in [2.75, 3.05) is 19.4 Å². The number of aromatic amines is 1. The zero-order valence-electron chi connectivity index (χ0n) is 16.6. The fourth-order valence-corrected chi connectivity index (χ4v) is 3.72. The highest BCUT2D eigenvalue weighted by Crippen LogP contribution is 2.37. The maximum atomic E-state index is 15.4. The predicted octanol–water partition coefficient (Wildman–Crippen LogP) is 3.27. The van der Waals surface area contributed by atoms with Crippen LogP contribution < -0.4 is 9.46 Å². The van der Waals surface area contributed by atoms with E-state index in [1.54, 1.807) is 24.7 Å². The summed E-state index contributed by atoms with van der Waals surface area (Å²) in [5.41, 5.74) is 4.40. The van der Waals surface area contributed by atoms with E-state index >= 15 is 4.39 Å². The van der Waals surface area contributed by atoms with Crippen molar-refractivity contribution in [2.45, 2.75) is 19.8 Å². The van der Waals surface area contributed by atoms with Gasteiger partial charge in [-0.15, -0.1) is 0 Å². The number of nitrogens with zero attached hydrogens (tertiary/aromatic N) is 1. The molecule has 8 heteroatoms. The maximum absolute atomic E-state index is 15.4. The molecule has 1 unspecified atom stereocenters. The average molecular weight is 418 g/mol. The number of rotatable bonds is 8. The van der Waals surface area contributed by atoms with E-state index in [9.17, 15) is 8.42 Å². The molecule has 3 rings (SSSR count). The first-order valence-corrected chi connectivity index (χ1v) is 11.1. The molecule has 3 aromatic rings. The molecule has 0 spiro atoms. The number of aryl methyl sites for hydroxylation is 1. The molecule has 2 N–H and O–H groups in total. The molecule has 6 nitrogen and oxygen atoms in total. The van der Waals surface area contributed by atoms with Gasteiger partial charge in [-0.2, -0.15) is 0 Å². The molecule has 0 fully saturated rings. The highest BCUT2D eigenvalue weighted by Gasteiger charge is 2.25. The predicted molar refractivity (Wildman–Crippen MR) is 110 cm³/mol. The van der Waals surface area contributed by atoms with Crippen molar-refractivity contribution >= 4 is 10.0 Å². The Morgan fingerprint density at radius 1 is 1.17 bits per heavy atom. The molecule has 0 aliphatic carbocycles. The summed E-state index contributed by atoms with van der Waals surface area (Å²) in [5, 5.41) is 0. The molecule has 1 aromatic heterocycles. The van der Waals surface area contributed by atoms with Gasteiger partial charge >= 0.3 is 0 Å². The Labute approximate surface area is 170 Å². The van der Waals surface area contributed by atoms with Crippen LogP contribution in [0.25, 0.3) is 0 Å². The largest absolute Gasteiger partial charge is 0.489 e. The molecule has 0 saturated heterocycles. The number of ether oxygens (including phenoxy) is 1. The molecule has 2 aromatic carbocycles. The fourth-order valence-electron chi connectivity index (χ4n) is 3.26. The molecule has 0 aliphatic rings. The number of hydrogen-bond donors (Lipinski definition) is 2. The van der Waals surface area contributed by atoms with Crippen LogP contribution in [-0.4, -0.2) is 37.8 Å². The lowest BCUT2D eigenvalue weighted by Gasteiger charge is -2.21. The van der Waals surface area contributed by atoms with Gasteiger partial charge in [-0.1, -0.05) is 30.3 Å². The van der Waals surface area contributed by atoms with Crippen LogP contribution in [0.2, 0.25) is 0 Å². The van der Waals surface area contributed by atoms with Gasteiger partial charge in [-0.25, -0.2) is 22.5 Å². The summed E-state index contributed by atoms with van der Waals surface area (Å²) in [4.78, 5) is 7.21. The summed E-state index contributed by atoms with van der Waals surface area (Å²) in [6.07, 6.45) is 4.32. The molecule has 1 atom stereocenters. The van der Waals surface area contributed by atoms with Crippen molar-refractivity contribution in [3.63, 3.8) is 0 Å². The van der Waals surface area contributed by atoms with Crippen LogP contribution in [0.5, 0.6) is 5.75 Å². The highest BCUT2D eigenvalue weighted by molar-refractivity contribution is 7.88. The van der Waals surface area contributed by atoms with Gasteiger partial charge in [-0.05, 0) is 36.6 Å². The third kappa shape index (κ3) is 5.02. The first-order chi connectivity index (χ1) is 13.8. The van der Waals surface area contributed by atoms with Crippen LogP contribution in [0.4, 0.5) is 4.39 Å². The molecule has 0 bridgehead atoms. The van der Waals surface area contributed by atoms with Crippen molar-refractivity contribution in [1.82, 2.24) is 14.7 Å². The molecule has 154 valence electrons. The third-order valence-electron chi connectivity index (χ3n) is 4.82. The van der Waals surface area contributed by atoms with Gasteiger partial charge in [0.2, 0.25) is 10.0 Å². The standard InChI is InChI=1S/C21H24FN3O3S/c1-14-6-4-7-16(15(14)2)20(18-12-23-13-24-18)17-8-5-9-19(21(17)22)28-11-10-25-29(3,26)27/h4-9,12-13,20,25H,10-11H2,1-3H3,(H,23,24). The molecule has 0 aliphatic heterocycles. The minimum absolute atomic E-state index is 0.0195. The molecule has 0 radical (unpaired) electrons. The summed E-state index contributed by atoms with van der Waals surface area (Å²) >= 11 is 0. The fraction of sp³-hybridized carbons (Fsp3) is 0.286. The van der Waals surface area contributed by atoms with E-state index in [2.05, 4.69) is 14.7 Å². The first kappa shape index (κ1) is 21.0. The summed E-state index contributed by atoms with van der Waals surface area (Å²) in [7, 11) is -3.32. The average Bonchev–Trinajstić information content (AvgIpc) is 3.18. The molecule has 0 saturated carbocycles. The Morgan fingerprint density at radius 3 is 2.59 bits per heavy atom. The zero-order chi connectivity index (χ0) is 21.0. The summed E-state index contributed by atoms with van der Waals surface area (Å²) in [6.45, 7) is 4.12. The van der Waals surface area contributed by atoms with Crippen LogP contribution in [-0.2, 0) is 10.0 Å². The Morgan fingerprint density at radius 2 is 1.90 bits per heavy atom. The van der Waals surface area contributed by atoms with Crippen molar-refractivity contribution in [1.29, 1.82) is 0 Å². The van der Waals surface area contributed by atoms with Crippen molar-refractivity contribution in [3.8, 4) is 5.75 Å². The number of imidazole rings is 1. The summed E-state index contributed by atoms with van der Waals surface area (Å²) in [6, 6.07) is 10.9. The smallest absolute Gasteiger partial charge is 0.208 e. The second-order valence-corrected chi connectivity index (χ2v) is 8.74. The Kier molecular flexibility index (Phi) is 6.34. The normalized spacial score (nSPS) is 12.7. The van der Waals surface area contributed by atoms with Crippen molar-refractivity contribution in [2.24, 2.45) is 0 Å². The SMILES string of the molecule is Cc1cccc(C(c2cnc[nH]2)c2cccc(OCCNS(C)(=O)=O)c2F)c1C. The molecular formula is C21H24FN3O3S. The number of halogens is 1. The van der Waals surface area contributed by atoms with Crippen LogP contribution in [0, 0.1) is 19.7 Å². The lowest BCUT2D eigenvalue weighted by atomic mass is 9.84. The Balaban J connectivity index is 1.96. The molecule has 0 amide bonds. The highest BCUT2D eigenvalue weighted by atomic mass is 32.2. The van der Waals surface area contributed by atoms with Gasteiger partial charge < -0.3 is 9.72 Å². The van der Waals surface area contributed by atoms with E-state index in [0.29, 0.717) is 5.56 Å². The van der Waals surface area contributed by atoms with Crippen LogP contribution >= 0.6 is 0 Å². The summed E-state index contributed by atoms with van der Waals surface area (Å²) < 4.78 is 45.5. The second kappa shape index (κ2) is 8.75. The quantitative estimate of drug-likeness (QED) is 0.551. The number of benzene rings is 2. The minimum Gasteiger partial charge on any atom is -0.489 e. The Hall–Kier alpha value is -2.71. The number of aromatic nitrogens is 2. The molecule has 29 heavy (non-hydrogen) atoms. The van der Waals surface area contributed by atoms with Crippen LogP contribution in [0.15, 0.2) is 48.9 Å². The van der Waals surface area contributed by atoms with E-state index in [1.807, 2.05) is 32.0 Å². The lowest BCUT2D eigenvalue weighted by molar-refractivity contribution is 0.305. The number of H-pyrrole nitrogens is 1. The third-order valence-corrected chi connectivity index (χ3v) is 5.54. The van der Waals surface area contributed by atoms with Gasteiger partial charge in [0.1, 0.15) is 6.61 Å².